The van der Waals surface area contributed by atoms with E-state index < -0.39 is 30.3 Å². The van der Waals surface area contributed by atoms with Crippen molar-refractivity contribution in [1.29, 1.82) is 0 Å². The fraction of sp³-hybridized carbons (Fsp3) is 0.265. The van der Waals surface area contributed by atoms with Gasteiger partial charge in [-0.25, -0.2) is 14.7 Å². The normalized spacial score (nSPS) is 16.2. The van der Waals surface area contributed by atoms with Crippen molar-refractivity contribution in [1.82, 2.24) is 9.88 Å². The highest BCUT2D eigenvalue weighted by atomic mass is 32.1. The molecule has 1 aliphatic heterocycles. The van der Waals surface area contributed by atoms with Crippen LogP contribution in [0.15, 0.2) is 88.7 Å². The second kappa shape index (κ2) is 13.0. The lowest BCUT2D eigenvalue weighted by Gasteiger charge is -2.27. The molecule has 3 aromatic carbocycles. The van der Waals surface area contributed by atoms with Gasteiger partial charge < -0.3 is 23.7 Å². The number of hydrogen-bond acceptors (Lipinski definition) is 9. The lowest BCUT2D eigenvalue weighted by Crippen LogP contribution is -2.48. The van der Waals surface area contributed by atoms with Gasteiger partial charge >= 0.3 is 6.09 Å². The first-order valence-electron chi connectivity index (χ1n) is 14.3. The van der Waals surface area contributed by atoms with Crippen molar-refractivity contribution in [2.24, 2.45) is 0 Å². The van der Waals surface area contributed by atoms with Crippen LogP contribution in [-0.4, -0.2) is 59.5 Å². The Bertz CT molecular complexity index is 1750. The minimum absolute atomic E-state index is 0.0780. The first kappa shape index (κ1) is 29.6. The number of amides is 2. The molecule has 0 bridgehead atoms. The Balaban J connectivity index is 1.16. The highest BCUT2D eigenvalue weighted by molar-refractivity contribution is 7.17. The monoisotopic (exact) mass is 612 g/mol. The van der Waals surface area contributed by atoms with Gasteiger partial charge in [-0.3, -0.25) is 4.79 Å². The van der Waals surface area contributed by atoms with Crippen molar-refractivity contribution in [2.75, 3.05) is 20.3 Å². The SMILES string of the molecule is CO[C@H](C(=O)N1C(=O)OCC1Cc1ccccc1)C(O)c1ccc(OCCc2nc(-c3ccccc3)oc2C)c2ccsc12. The highest BCUT2D eigenvalue weighted by Gasteiger charge is 2.43. The van der Waals surface area contributed by atoms with Gasteiger partial charge in [-0.1, -0.05) is 54.6 Å². The summed E-state index contributed by atoms with van der Waals surface area (Å²) in [6.07, 6.45) is -2.40. The zero-order valence-corrected chi connectivity index (χ0v) is 25.2. The zero-order chi connectivity index (χ0) is 30.6. The number of thiophene rings is 1. The van der Waals surface area contributed by atoms with Crippen LogP contribution in [0.1, 0.15) is 28.7 Å². The predicted octanol–water partition coefficient (Wildman–Crippen LogP) is 6.12. The van der Waals surface area contributed by atoms with Crippen molar-refractivity contribution in [3.63, 3.8) is 0 Å². The molecule has 0 saturated carbocycles. The molecule has 226 valence electrons. The van der Waals surface area contributed by atoms with Crippen molar-refractivity contribution in [3.05, 3.63) is 107 Å². The van der Waals surface area contributed by atoms with Gasteiger partial charge in [0.15, 0.2) is 6.10 Å². The van der Waals surface area contributed by atoms with Crippen LogP contribution < -0.4 is 4.74 Å². The Hall–Kier alpha value is -4.51. The van der Waals surface area contributed by atoms with Crippen LogP contribution in [0.4, 0.5) is 4.79 Å². The minimum Gasteiger partial charge on any atom is -0.493 e. The van der Waals surface area contributed by atoms with Gasteiger partial charge in [-0.15, -0.1) is 11.3 Å². The van der Waals surface area contributed by atoms with Crippen LogP contribution >= 0.6 is 11.3 Å². The van der Waals surface area contributed by atoms with Gasteiger partial charge in [-0.05, 0) is 48.6 Å². The van der Waals surface area contributed by atoms with Gasteiger partial charge in [0.2, 0.25) is 5.89 Å². The van der Waals surface area contributed by atoms with E-state index in [1.807, 2.05) is 79.0 Å². The second-order valence-electron chi connectivity index (χ2n) is 10.5. The van der Waals surface area contributed by atoms with Crippen LogP contribution in [0.5, 0.6) is 5.75 Å². The lowest BCUT2D eigenvalue weighted by atomic mass is 10.00. The van der Waals surface area contributed by atoms with Crippen molar-refractivity contribution >= 4 is 33.4 Å². The summed E-state index contributed by atoms with van der Waals surface area (Å²) in [5.41, 5.74) is 3.21. The average Bonchev–Trinajstić information content (AvgIpc) is 3.77. The molecule has 6 rings (SSSR count). The largest absolute Gasteiger partial charge is 0.493 e. The maximum Gasteiger partial charge on any atom is 0.417 e. The summed E-state index contributed by atoms with van der Waals surface area (Å²) in [5, 5.41) is 14.2. The summed E-state index contributed by atoms with van der Waals surface area (Å²) in [7, 11) is 1.34. The molecule has 44 heavy (non-hydrogen) atoms. The molecule has 2 unspecified atom stereocenters. The fourth-order valence-electron chi connectivity index (χ4n) is 5.47. The quantitative estimate of drug-likeness (QED) is 0.190. The van der Waals surface area contributed by atoms with Crippen LogP contribution in [0.2, 0.25) is 0 Å². The number of hydrogen-bond donors (Lipinski definition) is 1. The van der Waals surface area contributed by atoms with Crippen LogP contribution in [0.25, 0.3) is 21.5 Å². The number of aromatic nitrogens is 1. The summed E-state index contributed by atoms with van der Waals surface area (Å²) in [5.74, 6) is 1.32. The van der Waals surface area contributed by atoms with E-state index in [1.54, 1.807) is 12.1 Å². The number of aryl methyl sites for hydroxylation is 1. The second-order valence-corrected chi connectivity index (χ2v) is 11.4. The summed E-state index contributed by atoms with van der Waals surface area (Å²) >= 11 is 1.42. The van der Waals surface area contributed by atoms with Gasteiger partial charge in [-0.2, -0.15) is 0 Å². The highest BCUT2D eigenvalue weighted by Crippen LogP contribution is 2.38. The molecule has 3 heterocycles. The van der Waals surface area contributed by atoms with Crippen LogP contribution in [0.3, 0.4) is 0 Å². The summed E-state index contributed by atoms with van der Waals surface area (Å²) < 4.78 is 23.5. The summed E-state index contributed by atoms with van der Waals surface area (Å²) in [4.78, 5) is 32.0. The van der Waals surface area contributed by atoms with Crippen molar-refractivity contribution in [3.8, 4) is 17.2 Å². The number of ether oxygens (including phenoxy) is 3. The number of methoxy groups -OCH3 is 1. The van der Waals surface area contributed by atoms with Crippen LogP contribution in [-0.2, 0) is 27.1 Å². The van der Waals surface area contributed by atoms with Gasteiger partial charge in [0.05, 0.1) is 18.3 Å². The molecule has 0 aliphatic carbocycles. The Morgan fingerprint density at radius 1 is 1.09 bits per heavy atom. The van der Waals surface area contributed by atoms with Gasteiger partial charge in [0, 0.05) is 34.7 Å². The molecule has 2 aromatic heterocycles. The molecule has 10 heteroatoms. The maximum absolute atomic E-state index is 13.6. The molecule has 0 spiro atoms. The molecular formula is C34H32N2O7S. The third-order valence-electron chi connectivity index (χ3n) is 7.73. The number of nitrogens with zero attached hydrogens (tertiary/aromatic N) is 2. The Morgan fingerprint density at radius 3 is 2.59 bits per heavy atom. The summed E-state index contributed by atoms with van der Waals surface area (Å²) in [6, 6.07) is 24.2. The molecule has 1 aliphatic rings. The third kappa shape index (κ3) is 5.96. The van der Waals surface area contributed by atoms with E-state index in [2.05, 4.69) is 4.98 Å². The number of aliphatic hydroxyl groups is 1. The molecule has 0 radical (unpaired) electrons. The molecule has 1 N–H and O–H groups in total. The number of cyclic esters (lactones) is 1. The topological polar surface area (TPSA) is 111 Å². The van der Waals surface area contributed by atoms with E-state index in [-0.39, 0.29) is 6.61 Å². The van der Waals surface area contributed by atoms with E-state index in [0.717, 1.165) is 37.6 Å². The number of imide groups is 1. The molecule has 1 fully saturated rings. The van der Waals surface area contributed by atoms with E-state index in [4.69, 9.17) is 18.6 Å². The van der Waals surface area contributed by atoms with E-state index in [1.165, 1.54) is 18.4 Å². The molecular weight excluding hydrogens is 580 g/mol. The van der Waals surface area contributed by atoms with Gasteiger partial charge in [0.25, 0.3) is 5.91 Å². The number of oxazole rings is 1. The first-order chi connectivity index (χ1) is 21.4. The number of aliphatic hydroxyl groups excluding tert-OH is 1. The van der Waals surface area contributed by atoms with Gasteiger partial charge in [0.1, 0.15) is 24.2 Å². The van der Waals surface area contributed by atoms with Crippen molar-refractivity contribution < 1.29 is 33.3 Å². The van der Waals surface area contributed by atoms with E-state index in [0.29, 0.717) is 36.7 Å². The standard InChI is InChI=1S/C34H32N2O7S/c1-21-27(35-32(43-21)23-11-7-4-8-12-23)15-17-41-28-14-13-26(31-25(28)16-18-44-31)29(37)30(40-2)33(38)36-24(20-42-34(36)39)19-22-9-5-3-6-10-22/h3-14,16,18,24,29-30,37H,15,17,19-20H2,1-2H3/t24?,29?,30-/m0/s1. The Labute approximate surface area is 258 Å². The number of fused-ring (bicyclic) bond motifs is 1. The van der Waals surface area contributed by atoms with Crippen molar-refractivity contribution in [2.45, 2.75) is 38.0 Å². The van der Waals surface area contributed by atoms with E-state index in [9.17, 15) is 14.7 Å². The summed E-state index contributed by atoms with van der Waals surface area (Å²) in [6.45, 7) is 2.34. The fourth-order valence-corrected chi connectivity index (χ4v) is 6.43. The lowest BCUT2D eigenvalue weighted by molar-refractivity contribution is -0.147. The predicted molar refractivity (Wildman–Crippen MR) is 166 cm³/mol. The number of carbonyl (C=O) groups is 2. The molecule has 5 aromatic rings. The molecule has 2 amide bonds. The molecule has 9 nitrogen and oxygen atoms in total. The number of carbonyl (C=O) groups excluding carboxylic acids is 2. The Kier molecular flexibility index (Phi) is 8.74. The number of benzene rings is 3. The molecule has 1 saturated heterocycles. The Morgan fingerprint density at radius 2 is 1.84 bits per heavy atom. The minimum atomic E-state index is -1.33. The maximum atomic E-state index is 13.6. The third-order valence-corrected chi connectivity index (χ3v) is 8.70. The smallest absolute Gasteiger partial charge is 0.417 e. The van der Waals surface area contributed by atoms with E-state index >= 15 is 0 Å². The van der Waals surface area contributed by atoms with Crippen LogP contribution in [0, 0.1) is 6.92 Å². The molecule has 3 atom stereocenters. The zero-order valence-electron chi connectivity index (χ0n) is 24.3. The number of rotatable bonds is 11. The first-order valence-corrected chi connectivity index (χ1v) is 15.2. The average molecular weight is 613 g/mol.